The summed E-state index contributed by atoms with van der Waals surface area (Å²) in [5.41, 5.74) is 2.75. The molecule has 1 N–H and O–H groups in total. The molecule has 18 heavy (non-hydrogen) atoms. The highest BCUT2D eigenvalue weighted by atomic mass is 35.5. The van der Waals surface area contributed by atoms with Crippen molar-refractivity contribution in [3.63, 3.8) is 0 Å². The average Bonchev–Trinajstić information content (AvgIpc) is 2.40. The van der Waals surface area contributed by atoms with Crippen molar-refractivity contribution in [3.05, 3.63) is 64.4 Å². The van der Waals surface area contributed by atoms with Gasteiger partial charge in [-0.15, -0.1) is 0 Å². The van der Waals surface area contributed by atoms with Gasteiger partial charge in [-0.3, -0.25) is 4.98 Å². The van der Waals surface area contributed by atoms with Crippen molar-refractivity contribution in [1.82, 2.24) is 4.98 Å². The molecule has 2 nitrogen and oxygen atoms in total. The minimum atomic E-state index is -0.696. The number of benzene rings is 1. The fourth-order valence-corrected chi connectivity index (χ4v) is 1.99. The summed E-state index contributed by atoms with van der Waals surface area (Å²) in [6, 6.07) is 11.5. The Balaban J connectivity index is 2.17. The Hall–Kier alpha value is -1.38. The lowest BCUT2D eigenvalue weighted by Gasteiger charge is -2.11. The molecule has 2 aromatic rings. The van der Waals surface area contributed by atoms with Gasteiger partial charge < -0.3 is 5.11 Å². The third-order valence-electron chi connectivity index (χ3n) is 2.86. The molecule has 0 amide bonds. The molecule has 1 aromatic carbocycles. The predicted octanol–water partition coefficient (Wildman–Crippen LogP) is 3.77. The van der Waals surface area contributed by atoms with Crippen LogP contribution in [-0.2, 0) is 6.42 Å². The van der Waals surface area contributed by atoms with Crippen LogP contribution in [-0.4, -0.2) is 10.1 Å². The molecule has 2 rings (SSSR count). The minimum absolute atomic E-state index is 0.573. The highest BCUT2D eigenvalue weighted by Crippen LogP contribution is 2.21. The van der Waals surface area contributed by atoms with E-state index < -0.39 is 6.10 Å². The normalized spacial score (nSPS) is 12.4. The van der Waals surface area contributed by atoms with Gasteiger partial charge in [0.05, 0.1) is 10.7 Å². The van der Waals surface area contributed by atoms with Gasteiger partial charge in [0.1, 0.15) is 6.10 Å². The molecule has 1 heterocycles. The Morgan fingerprint density at radius 2 is 1.89 bits per heavy atom. The fraction of sp³-hybridized carbons (Fsp3) is 0.267. The van der Waals surface area contributed by atoms with Crippen molar-refractivity contribution in [2.24, 2.45) is 0 Å². The number of aryl methyl sites for hydroxylation is 1. The van der Waals surface area contributed by atoms with Crippen molar-refractivity contribution in [2.75, 3.05) is 0 Å². The largest absolute Gasteiger partial charge is 0.382 e. The molecule has 0 saturated heterocycles. The molecule has 0 bridgehead atoms. The van der Waals surface area contributed by atoms with Crippen LogP contribution in [0.3, 0.4) is 0 Å². The number of aliphatic hydroxyl groups excluding tert-OH is 1. The van der Waals surface area contributed by atoms with Gasteiger partial charge >= 0.3 is 0 Å². The van der Waals surface area contributed by atoms with Gasteiger partial charge in [0.2, 0.25) is 0 Å². The Labute approximate surface area is 112 Å². The Morgan fingerprint density at radius 3 is 2.44 bits per heavy atom. The van der Waals surface area contributed by atoms with E-state index in [0.29, 0.717) is 10.7 Å². The van der Waals surface area contributed by atoms with Crippen molar-refractivity contribution in [1.29, 1.82) is 0 Å². The number of hydrogen-bond donors (Lipinski definition) is 1. The quantitative estimate of drug-likeness (QED) is 0.909. The summed E-state index contributed by atoms with van der Waals surface area (Å²) in [6.07, 6.45) is 3.04. The molecule has 0 spiro atoms. The summed E-state index contributed by atoms with van der Waals surface area (Å²) in [7, 11) is 0. The molecule has 0 aliphatic heterocycles. The summed E-state index contributed by atoms with van der Waals surface area (Å²) in [4.78, 5) is 4.13. The van der Waals surface area contributed by atoms with Crippen LogP contribution in [0.1, 0.15) is 36.3 Å². The van der Waals surface area contributed by atoms with E-state index in [4.69, 9.17) is 11.6 Å². The number of hydrogen-bond acceptors (Lipinski definition) is 2. The van der Waals surface area contributed by atoms with Crippen LogP contribution in [0, 0.1) is 0 Å². The molecule has 0 aliphatic rings. The number of aromatic nitrogens is 1. The Morgan fingerprint density at radius 1 is 1.17 bits per heavy atom. The van der Waals surface area contributed by atoms with Gasteiger partial charge in [-0.25, -0.2) is 0 Å². The van der Waals surface area contributed by atoms with Crippen molar-refractivity contribution < 1.29 is 5.11 Å². The highest BCUT2D eigenvalue weighted by molar-refractivity contribution is 6.30. The maximum Gasteiger partial charge on any atom is 0.121 e. The molecule has 0 radical (unpaired) electrons. The standard InChI is InChI=1S/C15H16ClNO/c1-2-3-11-4-6-12(7-5-11)15(18)14-9-8-13(16)10-17-14/h4-10,15,18H,2-3H2,1H3. The monoisotopic (exact) mass is 261 g/mol. The molecule has 0 saturated carbocycles. The van der Waals surface area contributed by atoms with Crippen LogP contribution >= 0.6 is 11.6 Å². The van der Waals surface area contributed by atoms with Crippen molar-refractivity contribution in [2.45, 2.75) is 25.9 Å². The van der Waals surface area contributed by atoms with Gasteiger partial charge in [-0.05, 0) is 29.7 Å². The van der Waals surface area contributed by atoms with Gasteiger partial charge in [0.15, 0.2) is 0 Å². The average molecular weight is 262 g/mol. The summed E-state index contributed by atoms with van der Waals surface area (Å²) < 4.78 is 0. The molecule has 1 unspecified atom stereocenters. The number of halogens is 1. The second-order valence-corrected chi connectivity index (χ2v) is 4.73. The van der Waals surface area contributed by atoms with Crippen LogP contribution in [0.4, 0.5) is 0 Å². The van der Waals surface area contributed by atoms with Crippen LogP contribution in [0.25, 0.3) is 0 Å². The number of rotatable bonds is 4. The molecule has 3 heteroatoms. The summed E-state index contributed by atoms with van der Waals surface area (Å²) in [6.45, 7) is 2.15. The van der Waals surface area contributed by atoms with Gasteiger partial charge in [-0.2, -0.15) is 0 Å². The van der Waals surface area contributed by atoms with E-state index in [1.54, 1.807) is 18.3 Å². The number of aliphatic hydroxyl groups is 1. The molecular weight excluding hydrogens is 246 g/mol. The fourth-order valence-electron chi connectivity index (χ4n) is 1.88. The smallest absolute Gasteiger partial charge is 0.121 e. The predicted molar refractivity (Wildman–Crippen MR) is 73.7 cm³/mol. The first-order chi connectivity index (χ1) is 8.70. The molecular formula is C15H16ClNO. The van der Waals surface area contributed by atoms with Crippen LogP contribution in [0.5, 0.6) is 0 Å². The second kappa shape index (κ2) is 5.98. The van der Waals surface area contributed by atoms with Crippen molar-refractivity contribution >= 4 is 11.6 Å². The maximum absolute atomic E-state index is 10.2. The lowest BCUT2D eigenvalue weighted by atomic mass is 10.0. The van der Waals surface area contributed by atoms with E-state index in [0.717, 1.165) is 18.4 Å². The third-order valence-corrected chi connectivity index (χ3v) is 3.09. The highest BCUT2D eigenvalue weighted by Gasteiger charge is 2.11. The Bertz CT molecular complexity index is 493. The lowest BCUT2D eigenvalue weighted by Crippen LogP contribution is -2.02. The van der Waals surface area contributed by atoms with Crippen LogP contribution in [0.2, 0.25) is 5.02 Å². The zero-order valence-corrected chi connectivity index (χ0v) is 11.1. The molecule has 1 atom stereocenters. The summed E-state index contributed by atoms with van der Waals surface area (Å²) in [5.74, 6) is 0. The van der Waals surface area contributed by atoms with E-state index in [-0.39, 0.29) is 0 Å². The summed E-state index contributed by atoms with van der Waals surface area (Å²) in [5, 5.41) is 10.8. The topological polar surface area (TPSA) is 33.1 Å². The SMILES string of the molecule is CCCc1ccc(C(O)c2ccc(Cl)cn2)cc1. The van der Waals surface area contributed by atoms with E-state index in [9.17, 15) is 5.11 Å². The number of nitrogens with zero attached hydrogens (tertiary/aromatic N) is 1. The van der Waals surface area contributed by atoms with Crippen molar-refractivity contribution in [3.8, 4) is 0 Å². The first-order valence-electron chi connectivity index (χ1n) is 6.09. The van der Waals surface area contributed by atoms with E-state index >= 15 is 0 Å². The Kier molecular flexibility index (Phi) is 4.34. The molecule has 1 aromatic heterocycles. The van der Waals surface area contributed by atoms with Gasteiger partial charge in [0, 0.05) is 6.20 Å². The van der Waals surface area contributed by atoms with E-state index in [1.807, 2.05) is 12.1 Å². The first-order valence-corrected chi connectivity index (χ1v) is 6.47. The first kappa shape index (κ1) is 13.1. The molecule has 0 aliphatic carbocycles. The van der Waals surface area contributed by atoms with Crippen LogP contribution in [0.15, 0.2) is 42.6 Å². The third kappa shape index (κ3) is 3.09. The van der Waals surface area contributed by atoms with E-state index in [2.05, 4.69) is 24.0 Å². The van der Waals surface area contributed by atoms with E-state index in [1.165, 1.54) is 5.56 Å². The second-order valence-electron chi connectivity index (χ2n) is 4.30. The molecule has 94 valence electrons. The summed E-state index contributed by atoms with van der Waals surface area (Å²) >= 11 is 5.77. The minimum Gasteiger partial charge on any atom is -0.382 e. The zero-order chi connectivity index (χ0) is 13.0. The molecule has 0 fully saturated rings. The van der Waals surface area contributed by atoms with Gasteiger partial charge in [-0.1, -0.05) is 49.2 Å². The lowest BCUT2D eigenvalue weighted by molar-refractivity contribution is 0.215. The zero-order valence-electron chi connectivity index (χ0n) is 10.3. The number of pyridine rings is 1. The van der Waals surface area contributed by atoms with Gasteiger partial charge in [0.25, 0.3) is 0 Å². The maximum atomic E-state index is 10.2. The van der Waals surface area contributed by atoms with Crippen LogP contribution < -0.4 is 0 Å².